The Hall–Kier alpha value is -0.570. The van der Waals surface area contributed by atoms with Gasteiger partial charge in [-0.1, -0.05) is 37.6 Å². The van der Waals surface area contributed by atoms with Crippen molar-refractivity contribution in [2.45, 2.75) is 32.1 Å². The predicted molar refractivity (Wildman–Crippen MR) is 135 cm³/mol. The minimum absolute atomic E-state index is 0. The molecule has 1 aliphatic carbocycles. The van der Waals surface area contributed by atoms with E-state index in [1.807, 2.05) is 19.2 Å². The molecule has 3 rings (SSSR count). The van der Waals surface area contributed by atoms with Gasteiger partial charge in [-0.25, -0.2) is 0 Å². The number of nitrogens with one attached hydrogen (secondary N) is 2. The molecule has 0 radical (unpaired) electrons. The highest BCUT2D eigenvalue weighted by molar-refractivity contribution is 14.0. The number of aliphatic imine (C=N–C) groups is 1. The van der Waals surface area contributed by atoms with Crippen LogP contribution in [0.3, 0.4) is 0 Å². The minimum atomic E-state index is 0. The first kappa shape index (κ1) is 24.7. The zero-order valence-electron chi connectivity index (χ0n) is 18.1. The second-order valence-corrected chi connectivity index (χ2v) is 8.87. The molecule has 1 saturated heterocycles. The number of guanidine groups is 1. The van der Waals surface area contributed by atoms with Crippen LogP contribution in [0.15, 0.2) is 29.3 Å². The van der Waals surface area contributed by atoms with Gasteiger partial charge in [0.05, 0.1) is 0 Å². The summed E-state index contributed by atoms with van der Waals surface area (Å²) in [7, 11) is 1.85. The maximum absolute atomic E-state index is 6.19. The van der Waals surface area contributed by atoms with Crippen molar-refractivity contribution in [2.24, 2.45) is 10.9 Å². The molecule has 29 heavy (non-hydrogen) atoms. The third kappa shape index (κ3) is 7.26. The summed E-state index contributed by atoms with van der Waals surface area (Å²) in [5, 5.41) is 7.88. The number of piperazine rings is 1. The van der Waals surface area contributed by atoms with Crippen molar-refractivity contribution in [3.05, 3.63) is 34.9 Å². The Morgan fingerprint density at radius 3 is 2.45 bits per heavy atom. The fourth-order valence-electron chi connectivity index (χ4n) is 4.07. The number of hydrogen-bond acceptors (Lipinski definition) is 3. The Bertz CT molecular complexity index is 656. The molecule has 1 saturated carbocycles. The molecule has 0 amide bonds. The molecule has 0 aromatic heterocycles. The van der Waals surface area contributed by atoms with Gasteiger partial charge in [0.15, 0.2) is 5.96 Å². The smallest absolute Gasteiger partial charge is 0.191 e. The standard InChI is InChI=1S/C22H36ClN5.HI/c1-4-27-10-12-28(13-11-27)16-18(2)15-25-21(24-3)26-17-22(8-9-22)19-6-5-7-20(23)14-19;/h5-7,14,18H,4,8-13,15-17H2,1-3H3,(H2,24,25,26);1H. The third-order valence-electron chi connectivity index (χ3n) is 6.21. The molecule has 1 aromatic rings. The zero-order valence-corrected chi connectivity index (χ0v) is 21.2. The molecule has 5 nitrogen and oxygen atoms in total. The summed E-state index contributed by atoms with van der Waals surface area (Å²) >= 11 is 6.19. The van der Waals surface area contributed by atoms with Crippen molar-refractivity contribution in [1.82, 2.24) is 20.4 Å². The maximum atomic E-state index is 6.19. The molecule has 1 aliphatic heterocycles. The largest absolute Gasteiger partial charge is 0.356 e. The number of likely N-dealkylation sites (N-methyl/N-ethyl adjacent to an activating group) is 1. The van der Waals surface area contributed by atoms with Crippen LogP contribution < -0.4 is 10.6 Å². The summed E-state index contributed by atoms with van der Waals surface area (Å²) in [6, 6.07) is 8.29. The third-order valence-corrected chi connectivity index (χ3v) is 6.44. The van der Waals surface area contributed by atoms with E-state index in [0.717, 1.165) is 30.6 Å². The molecule has 1 atom stereocenters. The van der Waals surface area contributed by atoms with Crippen molar-refractivity contribution >= 4 is 41.5 Å². The number of nitrogens with zero attached hydrogens (tertiary/aromatic N) is 3. The van der Waals surface area contributed by atoms with Crippen LogP contribution in [-0.2, 0) is 5.41 Å². The van der Waals surface area contributed by atoms with Crippen molar-refractivity contribution in [2.75, 3.05) is 59.4 Å². The number of rotatable bonds is 8. The number of halogens is 2. The fourth-order valence-corrected chi connectivity index (χ4v) is 4.26. The lowest BCUT2D eigenvalue weighted by atomic mass is 9.96. The zero-order chi connectivity index (χ0) is 20.0. The maximum Gasteiger partial charge on any atom is 0.191 e. The predicted octanol–water partition coefficient (Wildman–Crippen LogP) is 3.43. The van der Waals surface area contributed by atoms with Crippen LogP contribution in [0.5, 0.6) is 0 Å². The van der Waals surface area contributed by atoms with E-state index >= 15 is 0 Å². The normalized spacial score (nSPS) is 20.6. The van der Waals surface area contributed by atoms with Crippen molar-refractivity contribution in [3.8, 4) is 0 Å². The molecule has 1 heterocycles. The average molecular weight is 534 g/mol. The summed E-state index contributed by atoms with van der Waals surface area (Å²) < 4.78 is 0. The summed E-state index contributed by atoms with van der Waals surface area (Å²) in [6.07, 6.45) is 2.41. The Labute approximate surface area is 198 Å². The van der Waals surface area contributed by atoms with Crippen molar-refractivity contribution < 1.29 is 0 Å². The first-order valence-corrected chi connectivity index (χ1v) is 11.1. The molecule has 2 N–H and O–H groups in total. The molecule has 0 spiro atoms. The van der Waals surface area contributed by atoms with Gasteiger partial charge in [0.25, 0.3) is 0 Å². The minimum Gasteiger partial charge on any atom is -0.356 e. The van der Waals surface area contributed by atoms with Crippen molar-refractivity contribution in [3.63, 3.8) is 0 Å². The topological polar surface area (TPSA) is 42.9 Å². The summed E-state index contributed by atoms with van der Waals surface area (Å²) in [6.45, 7) is 13.5. The molecular weight excluding hydrogens is 497 g/mol. The van der Waals surface area contributed by atoms with E-state index in [0.29, 0.717) is 5.92 Å². The van der Waals surface area contributed by atoms with E-state index in [9.17, 15) is 0 Å². The Balaban J connectivity index is 0.00000300. The van der Waals surface area contributed by atoms with Crippen molar-refractivity contribution in [1.29, 1.82) is 0 Å². The van der Waals surface area contributed by atoms with Gasteiger partial charge in [0.1, 0.15) is 0 Å². The van der Waals surface area contributed by atoms with E-state index in [1.165, 1.54) is 51.1 Å². The summed E-state index contributed by atoms with van der Waals surface area (Å²) in [5.74, 6) is 1.49. The quantitative estimate of drug-likeness (QED) is 0.305. The molecular formula is C22H37ClIN5. The second-order valence-electron chi connectivity index (χ2n) is 8.44. The first-order chi connectivity index (χ1) is 13.5. The summed E-state index contributed by atoms with van der Waals surface area (Å²) in [4.78, 5) is 9.53. The lowest BCUT2D eigenvalue weighted by Crippen LogP contribution is -2.49. The molecule has 0 bridgehead atoms. The van der Waals surface area contributed by atoms with Crippen LogP contribution in [0.1, 0.15) is 32.3 Å². The first-order valence-electron chi connectivity index (χ1n) is 10.7. The average Bonchev–Trinajstić information content (AvgIpc) is 3.50. The second kappa shape index (κ2) is 11.7. The molecule has 1 unspecified atom stereocenters. The Morgan fingerprint density at radius 1 is 1.17 bits per heavy atom. The van der Waals surface area contributed by atoms with Gasteiger partial charge in [0, 0.05) is 63.3 Å². The lowest BCUT2D eigenvalue weighted by Gasteiger charge is -2.35. The highest BCUT2D eigenvalue weighted by atomic mass is 127. The van der Waals surface area contributed by atoms with Crippen LogP contribution in [-0.4, -0.2) is 75.2 Å². The van der Waals surface area contributed by atoms with Gasteiger partial charge in [-0.3, -0.25) is 4.99 Å². The van der Waals surface area contributed by atoms with Gasteiger partial charge in [-0.15, -0.1) is 24.0 Å². The Morgan fingerprint density at radius 2 is 1.86 bits per heavy atom. The van der Waals surface area contributed by atoms with E-state index in [4.69, 9.17) is 11.6 Å². The molecule has 7 heteroatoms. The van der Waals surface area contributed by atoms with E-state index in [2.05, 4.69) is 51.4 Å². The molecule has 164 valence electrons. The van der Waals surface area contributed by atoms with E-state index < -0.39 is 0 Å². The number of hydrogen-bond donors (Lipinski definition) is 2. The molecule has 2 fully saturated rings. The molecule has 1 aromatic carbocycles. The van der Waals surface area contributed by atoms with Gasteiger partial charge >= 0.3 is 0 Å². The fraction of sp³-hybridized carbons (Fsp3) is 0.682. The lowest BCUT2D eigenvalue weighted by molar-refractivity contribution is 0.124. The van der Waals surface area contributed by atoms with Gasteiger partial charge < -0.3 is 20.4 Å². The van der Waals surface area contributed by atoms with Crippen LogP contribution in [0, 0.1) is 5.92 Å². The SMILES string of the molecule is CCN1CCN(CC(C)CNC(=NC)NCC2(c3cccc(Cl)c3)CC2)CC1.I. The van der Waals surface area contributed by atoms with Crippen LogP contribution in [0.2, 0.25) is 5.02 Å². The van der Waals surface area contributed by atoms with E-state index in [-0.39, 0.29) is 29.4 Å². The monoisotopic (exact) mass is 533 g/mol. The van der Waals surface area contributed by atoms with Gasteiger partial charge in [-0.2, -0.15) is 0 Å². The van der Waals surface area contributed by atoms with E-state index in [1.54, 1.807) is 0 Å². The summed E-state index contributed by atoms with van der Waals surface area (Å²) in [5.41, 5.74) is 1.55. The van der Waals surface area contributed by atoms with Crippen LogP contribution in [0.4, 0.5) is 0 Å². The van der Waals surface area contributed by atoms with Gasteiger partial charge in [-0.05, 0) is 43.0 Å². The highest BCUT2D eigenvalue weighted by Gasteiger charge is 2.44. The van der Waals surface area contributed by atoms with Gasteiger partial charge in [0.2, 0.25) is 0 Å². The number of benzene rings is 1. The molecule has 2 aliphatic rings. The Kier molecular flexibility index (Phi) is 9.98. The van der Waals surface area contributed by atoms with Crippen LogP contribution >= 0.6 is 35.6 Å². The van der Waals surface area contributed by atoms with Crippen LogP contribution in [0.25, 0.3) is 0 Å². The highest BCUT2D eigenvalue weighted by Crippen LogP contribution is 2.48.